The van der Waals surface area contributed by atoms with Crippen molar-refractivity contribution in [3.63, 3.8) is 0 Å². The summed E-state index contributed by atoms with van der Waals surface area (Å²) in [7, 11) is 0. The first-order valence-electron chi connectivity index (χ1n) is 12.3. The van der Waals surface area contributed by atoms with E-state index in [0.717, 1.165) is 29.0 Å². The fourth-order valence-corrected chi connectivity index (χ4v) is 5.48. The number of anilines is 1. The van der Waals surface area contributed by atoms with E-state index in [2.05, 4.69) is 20.6 Å². The largest absolute Gasteiger partial charge is 0.444 e. The predicted molar refractivity (Wildman–Crippen MR) is 140 cm³/mol. The molecule has 0 radical (unpaired) electrons. The molecule has 0 spiro atoms. The van der Waals surface area contributed by atoms with E-state index in [9.17, 15) is 23.5 Å². The summed E-state index contributed by atoms with van der Waals surface area (Å²) >= 11 is 0.965. The number of aliphatic hydroxyl groups excluding tert-OH is 1. The van der Waals surface area contributed by atoms with E-state index in [1.165, 1.54) is 17.6 Å². The number of carbonyl (C=O) groups excluding carboxylic acids is 2. The van der Waals surface area contributed by atoms with E-state index >= 15 is 0 Å². The Kier molecular flexibility index (Phi) is 8.08. The summed E-state index contributed by atoms with van der Waals surface area (Å²) in [5.74, 6) is -2.31. The fraction of sp³-hybridized carbons (Fsp3) is 0.407. The standard InChI is InChI=1S/C27H30F2N4O4S/c1-14-10-15(11-19(23(14)34)33-26(36)37-27(2,3)4)16-8-9-30-12-20(16)31-24(35)21-13-38-25(32-21)22-17(28)6-5-7-18(22)29/h5-9,12-15,19,23,34H,10-11H2,1-4H3,(H,31,35)(H,33,36). The third-order valence-electron chi connectivity index (χ3n) is 6.35. The quantitative estimate of drug-likeness (QED) is 0.391. The van der Waals surface area contributed by atoms with Crippen LogP contribution in [0.25, 0.3) is 10.6 Å². The summed E-state index contributed by atoms with van der Waals surface area (Å²) in [5.41, 5.74) is 0.300. The van der Waals surface area contributed by atoms with Gasteiger partial charge < -0.3 is 20.5 Å². The monoisotopic (exact) mass is 544 g/mol. The van der Waals surface area contributed by atoms with Crippen LogP contribution in [0.3, 0.4) is 0 Å². The van der Waals surface area contributed by atoms with Gasteiger partial charge in [-0.3, -0.25) is 9.78 Å². The van der Waals surface area contributed by atoms with Gasteiger partial charge >= 0.3 is 6.09 Å². The van der Waals surface area contributed by atoms with Gasteiger partial charge in [-0.15, -0.1) is 11.3 Å². The van der Waals surface area contributed by atoms with Crippen molar-refractivity contribution in [2.75, 3.05) is 5.32 Å². The molecular weight excluding hydrogens is 514 g/mol. The Bertz CT molecular complexity index is 1310. The Labute approximate surface area is 223 Å². The topological polar surface area (TPSA) is 113 Å². The molecule has 4 rings (SSSR count). The maximum atomic E-state index is 14.2. The molecule has 3 aromatic rings. The maximum absolute atomic E-state index is 14.2. The van der Waals surface area contributed by atoms with E-state index in [1.54, 1.807) is 33.0 Å². The van der Waals surface area contributed by atoms with Crippen molar-refractivity contribution < 1.29 is 28.2 Å². The van der Waals surface area contributed by atoms with Crippen LogP contribution in [0.2, 0.25) is 0 Å². The summed E-state index contributed by atoms with van der Waals surface area (Å²) < 4.78 is 33.7. The highest BCUT2D eigenvalue weighted by Crippen LogP contribution is 2.39. The summed E-state index contributed by atoms with van der Waals surface area (Å²) in [4.78, 5) is 33.7. The Balaban J connectivity index is 1.52. The summed E-state index contributed by atoms with van der Waals surface area (Å²) in [6.45, 7) is 7.19. The van der Waals surface area contributed by atoms with Gasteiger partial charge in [0, 0.05) is 11.6 Å². The van der Waals surface area contributed by atoms with Gasteiger partial charge in [0.25, 0.3) is 5.91 Å². The Morgan fingerprint density at radius 2 is 1.87 bits per heavy atom. The Hall–Kier alpha value is -3.44. The first-order chi connectivity index (χ1) is 17.9. The SMILES string of the molecule is CC1CC(c2ccncc2NC(=O)c2csc(-c3c(F)cccc3F)n2)CC(NC(=O)OC(C)(C)C)C1O. The van der Waals surface area contributed by atoms with Crippen molar-refractivity contribution in [1.29, 1.82) is 0 Å². The molecule has 2 aromatic heterocycles. The van der Waals surface area contributed by atoms with Crippen LogP contribution in [-0.2, 0) is 4.74 Å². The van der Waals surface area contributed by atoms with Crippen molar-refractivity contribution in [2.24, 2.45) is 5.92 Å². The third kappa shape index (κ3) is 6.33. The molecule has 0 aliphatic heterocycles. The first kappa shape index (κ1) is 27.6. The number of benzene rings is 1. The van der Waals surface area contributed by atoms with Gasteiger partial charge in [-0.2, -0.15) is 0 Å². The van der Waals surface area contributed by atoms with Gasteiger partial charge in [0.15, 0.2) is 0 Å². The number of hydrogen-bond donors (Lipinski definition) is 3. The van der Waals surface area contributed by atoms with Gasteiger partial charge in [0.2, 0.25) is 0 Å². The highest BCUT2D eigenvalue weighted by molar-refractivity contribution is 7.13. The summed E-state index contributed by atoms with van der Waals surface area (Å²) in [6.07, 6.45) is 2.80. The Morgan fingerprint density at radius 3 is 2.55 bits per heavy atom. The van der Waals surface area contributed by atoms with Crippen molar-refractivity contribution in [3.05, 3.63) is 64.9 Å². The van der Waals surface area contributed by atoms with Crippen LogP contribution < -0.4 is 10.6 Å². The molecule has 3 N–H and O–H groups in total. The lowest BCUT2D eigenvalue weighted by Gasteiger charge is -2.39. The number of rotatable bonds is 5. The summed E-state index contributed by atoms with van der Waals surface area (Å²) in [6, 6.07) is 4.77. The molecule has 1 aromatic carbocycles. The van der Waals surface area contributed by atoms with Crippen molar-refractivity contribution in [1.82, 2.24) is 15.3 Å². The molecule has 1 fully saturated rings. The van der Waals surface area contributed by atoms with Gasteiger partial charge in [-0.05, 0) is 69.2 Å². The zero-order chi connectivity index (χ0) is 27.6. The number of pyridine rings is 1. The number of halogens is 2. The minimum atomic E-state index is -0.760. The zero-order valence-corrected chi connectivity index (χ0v) is 22.3. The molecule has 4 atom stereocenters. The van der Waals surface area contributed by atoms with Crippen LogP contribution in [0.15, 0.2) is 42.0 Å². The van der Waals surface area contributed by atoms with Crippen LogP contribution in [0.5, 0.6) is 0 Å². The molecule has 1 saturated carbocycles. The van der Waals surface area contributed by atoms with E-state index in [1.807, 2.05) is 6.92 Å². The van der Waals surface area contributed by atoms with E-state index in [0.29, 0.717) is 18.5 Å². The molecule has 0 bridgehead atoms. The van der Waals surface area contributed by atoms with E-state index in [-0.39, 0.29) is 28.1 Å². The number of amides is 2. The zero-order valence-electron chi connectivity index (χ0n) is 21.5. The predicted octanol–water partition coefficient (Wildman–Crippen LogP) is 5.50. The average Bonchev–Trinajstić information content (AvgIpc) is 3.31. The minimum Gasteiger partial charge on any atom is -0.444 e. The van der Waals surface area contributed by atoms with Crippen molar-refractivity contribution in [3.8, 4) is 10.6 Å². The maximum Gasteiger partial charge on any atom is 0.407 e. The molecule has 1 aliphatic carbocycles. The molecule has 1 aliphatic rings. The summed E-state index contributed by atoms with van der Waals surface area (Å²) in [5, 5.41) is 17.8. The lowest BCUT2D eigenvalue weighted by atomic mass is 9.74. The van der Waals surface area contributed by atoms with Gasteiger partial charge in [-0.25, -0.2) is 18.6 Å². The van der Waals surface area contributed by atoms with Crippen LogP contribution in [-0.4, -0.2) is 44.8 Å². The second-order valence-electron chi connectivity index (χ2n) is 10.4. The van der Waals surface area contributed by atoms with Crippen LogP contribution >= 0.6 is 11.3 Å². The molecule has 2 heterocycles. The minimum absolute atomic E-state index is 0.0133. The van der Waals surface area contributed by atoms with Crippen molar-refractivity contribution >= 4 is 29.0 Å². The van der Waals surface area contributed by atoms with Crippen LogP contribution in [0, 0.1) is 17.6 Å². The Morgan fingerprint density at radius 1 is 1.16 bits per heavy atom. The number of nitrogens with one attached hydrogen (secondary N) is 2. The number of thiazole rings is 1. The number of nitrogens with zero attached hydrogens (tertiary/aromatic N) is 2. The van der Waals surface area contributed by atoms with Gasteiger partial charge in [-0.1, -0.05) is 13.0 Å². The van der Waals surface area contributed by atoms with Gasteiger partial charge in [0.1, 0.15) is 27.9 Å². The molecule has 4 unspecified atom stereocenters. The molecule has 202 valence electrons. The van der Waals surface area contributed by atoms with Crippen LogP contribution in [0.4, 0.5) is 19.3 Å². The molecule has 38 heavy (non-hydrogen) atoms. The number of aromatic nitrogens is 2. The fourth-order valence-electron chi connectivity index (χ4n) is 4.63. The highest BCUT2D eigenvalue weighted by atomic mass is 32.1. The number of carbonyl (C=O) groups is 2. The van der Waals surface area contributed by atoms with Crippen LogP contribution in [0.1, 0.15) is 62.5 Å². The number of aliphatic hydroxyl groups is 1. The number of hydrogen-bond acceptors (Lipinski definition) is 7. The third-order valence-corrected chi connectivity index (χ3v) is 7.21. The lowest BCUT2D eigenvalue weighted by Crippen LogP contribution is -2.51. The lowest BCUT2D eigenvalue weighted by molar-refractivity contribution is 0.0176. The average molecular weight is 545 g/mol. The second-order valence-corrected chi connectivity index (χ2v) is 11.3. The molecule has 11 heteroatoms. The van der Waals surface area contributed by atoms with Gasteiger partial charge in [0.05, 0.1) is 29.6 Å². The number of alkyl carbamates (subject to hydrolysis) is 1. The first-order valence-corrected chi connectivity index (χ1v) is 13.1. The molecular formula is C27H30F2N4O4S. The van der Waals surface area contributed by atoms with E-state index < -0.39 is 41.4 Å². The van der Waals surface area contributed by atoms with E-state index in [4.69, 9.17) is 4.74 Å². The number of ether oxygens (including phenoxy) is 1. The molecule has 0 saturated heterocycles. The second kappa shape index (κ2) is 11.1. The molecule has 8 nitrogen and oxygen atoms in total. The highest BCUT2D eigenvalue weighted by Gasteiger charge is 2.37. The smallest absolute Gasteiger partial charge is 0.407 e. The normalized spacial score (nSPS) is 21.6. The molecule has 2 amide bonds. The van der Waals surface area contributed by atoms with Crippen molar-refractivity contribution in [2.45, 2.75) is 64.2 Å².